The number of benzene rings is 1. The second-order valence-electron chi connectivity index (χ2n) is 8.05. The van der Waals surface area contributed by atoms with Crippen molar-refractivity contribution in [3.05, 3.63) is 29.8 Å². The van der Waals surface area contributed by atoms with Crippen LogP contribution in [0.2, 0.25) is 0 Å². The smallest absolute Gasteiger partial charge is 0.226 e. The Hall–Kier alpha value is -2.08. The molecule has 0 bridgehead atoms. The Bertz CT molecular complexity index is 676. The van der Waals surface area contributed by atoms with Crippen molar-refractivity contribution >= 4 is 11.8 Å². The molecule has 0 radical (unpaired) electrons. The lowest BCUT2D eigenvalue weighted by molar-refractivity contribution is -0.129. The number of hydrogen-bond donors (Lipinski definition) is 2. The van der Waals surface area contributed by atoms with Gasteiger partial charge in [-0.2, -0.15) is 0 Å². The average molecular weight is 388 g/mol. The van der Waals surface area contributed by atoms with Gasteiger partial charge in [0.05, 0.1) is 19.1 Å². The number of likely N-dealkylation sites (tertiary alicyclic amines) is 1. The number of rotatable bonds is 7. The van der Waals surface area contributed by atoms with Crippen molar-refractivity contribution in [3.8, 4) is 5.75 Å². The highest BCUT2D eigenvalue weighted by Gasteiger charge is 2.44. The van der Waals surface area contributed by atoms with E-state index in [1.807, 2.05) is 29.2 Å². The van der Waals surface area contributed by atoms with E-state index in [0.717, 1.165) is 43.7 Å². The zero-order chi connectivity index (χ0) is 20.1. The number of carbonyl (C=O) groups is 2. The monoisotopic (exact) mass is 387 g/mol. The number of ether oxygens (including phenoxy) is 1. The molecule has 0 aliphatic carbocycles. The van der Waals surface area contributed by atoms with Gasteiger partial charge in [-0.05, 0) is 49.5 Å². The van der Waals surface area contributed by atoms with Crippen molar-refractivity contribution in [1.82, 2.24) is 15.5 Å². The fourth-order valence-electron chi connectivity index (χ4n) is 4.35. The molecule has 1 aromatic carbocycles. The minimum atomic E-state index is -0.347. The summed E-state index contributed by atoms with van der Waals surface area (Å²) in [5, 5.41) is 6.61. The Morgan fingerprint density at radius 1 is 1.32 bits per heavy atom. The van der Waals surface area contributed by atoms with Gasteiger partial charge in [0.2, 0.25) is 11.8 Å². The fraction of sp³-hybridized carbons (Fsp3) is 0.636. The van der Waals surface area contributed by atoms with Crippen LogP contribution in [0, 0.1) is 11.8 Å². The third kappa shape index (κ3) is 4.49. The number of unbranched alkanes of at least 4 members (excludes halogenated alkanes) is 1. The van der Waals surface area contributed by atoms with Crippen molar-refractivity contribution < 1.29 is 14.3 Å². The van der Waals surface area contributed by atoms with Gasteiger partial charge in [-0.1, -0.05) is 32.4 Å². The van der Waals surface area contributed by atoms with E-state index in [0.29, 0.717) is 12.5 Å². The number of methoxy groups -OCH3 is 1. The molecule has 2 fully saturated rings. The van der Waals surface area contributed by atoms with Crippen molar-refractivity contribution in [3.63, 3.8) is 0 Å². The third-order valence-electron chi connectivity index (χ3n) is 6.09. The molecule has 3 rings (SSSR count). The van der Waals surface area contributed by atoms with Gasteiger partial charge < -0.3 is 20.3 Å². The van der Waals surface area contributed by atoms with Gasteiger partial charge in [0.25, 0.3) is 0 Å². The normalized spacial score (nSPS) is 27.7. The lowest BCUT2D eigenvalue weighted by Crippen LogP contribution is -2.50. The Labute approximate surface area is 168 Å². The van der Waals surface area contributed by atoms with Crippen molar-refractivity contribution in [1.29, 1.82) is 0 Å². The van der Waals surface area contributed by atoms with E-state index in [4.69, 9.17) is 4.74 Å². The maximum atomic E-state index is 13.2. The van der Waals surface area contributed by atoms with Crippen LogP contribution in [-0.2, 0) is 9.59 Å². The summed E-state index contributed by atoms with van der Waals surface area (Å²) in [4.78, 5) is 27.9. The highest BCUT2D eigenvalue weighted by atomic mass is 16.5. The summed E-state index contributed by atoms with van der Waals surface area (Å²) < 4.78 is 5.27. The number of hydrogen-bond acceptors (Lipinski definition) is 4. The summed E-state index contributed by atoms with van der Waals surface area (Å²) in [5.74, 6) is 0.905. The molecule has 2 amide bonds. The number of amides is 2. The van der Waals surface area contributed by atoms with Gasteiger partial charge in [0, 0.05) is 19.0 Å². The molecule has 0 aromatic heterocycles. The molecule has 0 spiro atoms. The molecule has 1 aromatic rings. The Morgan fingerprint density at radius 2 is 2.07 bits per heavy atom. The molecule has 4 atom stereocenters. The SMILES string of the molecule is CCCCN1C(=O)CC(C(=O)NC2CCNCC2C)C1c1ccc(OC)cc1. The summed E-state index contributed by atoms with van der Waals surface area (Å²) in [6.07, 6.45) is 3.17. The molecule has 2 aliphatic heterocycles. The van der Waals surface area contributed by atoms with Crippen molar-refractivity contribution in [2.24, 2.45) is 11.8 Å². The molecule has 6 nitrogen and oxygen atoms in total. The van der Waals surface area contributed by atoms with E-state index < -0.39 is 0 Å². The third-order valence-corrected chi connectivity index (χ3v) is 6.09. The minimum absolute atomic E-state index is 0.00640. The minimum Gasteiger partial charge on any atom is -0.497 e. The summed E-state index contributed by atoms with van der Waals surface area (Å²) in [7, 11) is 1.64. The van der Waals surface area contributed by atoms with Crippen LogP contribution >= 0.6 is 0 Å². The number of nitrogens with zero attached hydrogens (tertiary/aromatic N) is 1. The molecule has 6 heteroatoms. The predicted octanol–water partition coefficient (Wildman–Crippen LogP) is 2.50. The molecule has 154 valence electrons. The van der Waals surface area contributed by atoms with Crippen molar-refractivity contribution in [2.75, 3.05) is 26.7 Å². The van der Waals surface area contributed by atoms with Crippen LogP contribution in [0.4, 0.5) is 0 Å². The van der Waals surface area contributed by atoms with Gasteiger partial charge in [-0.3, -0.25) is 9.59 Å². The van der Waals surface area contributed by atoms with Crippen LogP contribution in [0.25, 0.3) is 0 Å². The van der Waals surface area contributed by atoms with Crippen LogP contribution in [0.1, 0.15) is 51.1 Å². The number of nitrogens with one attached hydrogen (secondary N) is 2. The van der Waals surface area contributed by atoms with E-state index in [-0.39, 0.29) is 36.2 Å². The van der Waals surface area contributed by atoms with Gasteiger partial charge in [-0.15, -0.1) is 0 Å². The van der Waals surface area contributed by atoms with Crippen LogP contribution in [0.5, 0.6) is 5.75 Å². The van der Waals surface area contributed by atoms with E-state index in [1.165, 1.54) is 0 Å². The van der Waals surface area contributed by atoms with Gasteiger partial charge in [-0.25, -0.2) is 0 Å². The number of piperidine rings is 1. The Balaban J connectivity index is 1.81. The second kappa shape index (κ2) is 9.41. The van der Waals surface area contributed by atoms with Crippen LogP contribution in [0.3, 0.4) is 0 Å². The standard InChI is InChI=1S/C22H33N3O3/c1-4-5-12-25-20(26)13-18(21(25)16-6-8-17(28-3)9-7-16)22(27)24-19-10-11-23-14-15(19)2/h6-9,15,18-19,21,23H,4-5,10-14H2,1-3H3,(H,24,27). The van der Waals surface area contributed by atoms with Crippen LogP contribution < -0.4 is 15.4 Å². The Kier molecular flexibility index (Phi) is 6.94. The predicted molar refractivity (Wildman–Crippen MR) is 109 cm³/mol. The summed E-state index contributed by atoms with van der Waals surface area (Å²) in [6, 6.07) is 7.73. The molecule has 2 heterocycles. The summed E-state index contributed by atoms with van der Waals surface area (Å²) in [6.45, 7) is 6.80. The molecule has 28 heavy (non-hydrogen) atoms. The second-order valence-corrected chi connectivity index (χ2v) is 8.05. The maximum absolute atomic E-state index is 13.2. The first-order valence-electron chi connectivity index (χ1n) is 10.5. The van der Waals surface area contributed by atoms with Gasteiger partial charge in [0.1, 0.15) is 5.75 Å². The quantitative estimate of drug-likeness (QED) is 0.754. The molecule has 4 unspecified atom stereocenters. The largest absolute Gasteiger partial charge is 0.497 e. The average Bonchev–Trinajstić information content (AvgIpc) is 3.04. The zero-order valence-corrected chi connectivity index (χ0v) is 17.2. The molecule has 2 N–H and O–H groups in total. The lowest BCUT2D eigenvalue weighted by atomic mass is 9.90. The first-order valence-corrected chi connectivity index (χ1v) is 10.5. The summed E-state index contributed by atoms with van der Waals surface area (Å²) >= 11 is 0. The highest BCUT2D eigenvalue weighted by Crippen LogP contribution is 2.39. The van der Waals surface area contributed by atoms with Crippen LogP contribution in [0.15, 0.2) is 24.3 Å². The van der Waals surface area contributed by atoms with E-state index >= 15 is 0 Å². The van der Waals surface area contributed by atoms with Gasteiger partial charge in [0.15, 0.2) is 0 Å². The maximum Gasteiger partial charge on any atom is 0.226 e. The van der Waals surface area contributed by atoms with E-state index in [1.54, 1.807) is 7.11 Å². The fourth-order valence-corrected chi connectivity index (χ4v) is 4.35. The Morgan fingerprint density at radius 3 is 2.71 bits per heavy atom. The molecule has 0 saturated carbocycles. The highest BCUT2D eigenvalue weighted by molar-refractivity contribution is 5.90. The topological polar surface area (TPSA) is 70.7 Å². The molecular formula is C22H33N3O3. The molecule has 2 aliphatic rings. The van der Waals surface area contributed by atoms with Crippen molar-refractivity contribution in [2.45, 2.75) is 51.6 Å². The zero-order valence-electron chi connectivity index (χ0n) is 17.2. The first kappa shape index (κ1) is 20.6. The first-order chi connectivity index (χ1) is 13.5. The van der Waals surface area contributed by atoms with E-state index in [2.05, 4.69) is 24.5 Å². The number of carbonyl (C=O) groups excluding carboxylic acids is 2. The van der Waals surface area contributed by atoms with Crippen LogP contribution in [-0.4, -0.2) is 49.5 Å². The summed E-state index contributed by atoms with van der Waals surface area (Å²) in [5.41, 5.74) is 1.00. The van der Waals surface area contributed by atoms with Gasteiger partial charge >= 0.3 is 0 Å². The molecular weight excluding hydrogens is 354 g/mol. The molecule has 2 saturated heterocycles. The van der Waals surface area contributed by atoms with E-state index in [9.17, 15) is 9.59 Å². The lowest BCUT2D eigenvalue weighted by Gasteiger charge is -2.33.